The number of urea groups is 1. The van der Waals surface area contributed by atoms with Crippen molar-refractivity contribution in [1.29, 1.82) is 0 Å². The van der Waals surface area contributed by atoms with Crippen molar-refractivity contribution in [2.45, 2.75) is 45.3 Å². The van der Waals surface area contributed by atoms with Gasteiger partial charge in [-0.25, -0.2) is 9.78 Å². The number of carbonyl (C=O) groups excluding carboxylic acids is 3. The fraction of sp³-hybridized carbons (Fsp3) is 0.333. The van der Waals surface area contributed by atoms with Crippen LogP contribution in [0.4, 0.5) is 10.6 Å². The average Bonchev–Trinajstić information content (AvgIpc) is 3.23. The number of rotatable bonds is 4. The van der Waals surface area contributed by atoms with Gasteiger partial charge >= 0.3 is 6.03 Å². The summed E-state index contributed by atoms with van der Waals surface area (Å²) >= 11 is 7.42. The molecule has 2 aliphatic rings. The van der Waals surface area contributed by atoms with Crippen molar-refractivity contribution in [2.24, 2.45) is 0 Å². The maximum absolute atomic E-state index is 12.8. The summed E-state index contributed by atoms with van der Waals surface area (Å²) < 4.78 is 0. The van der Waals surface area contributed by atoms with E-state index in [4.69, 9.17) is 11.6 Å². The van der Waals surface area contributed by atoms with Gasteiger partial charge in [0, 0.05) is 23.2 Å². The molecular weight excluding hydrogens is 424 g/mol. The molecule has 1 fully saturated rings. The van der Waals surface area contributed by atoms with Gasteiger partial charge in [0.2, 0.25) is 0 Å². The molecule has 1 unspecified atom stereocenters. The Balaban J connectivity index is 1.39. The number of hydrogen-bond donors (Lipinski definition) is 2. The zero-order chi connectivity index (χ0) is 21.4. The van der Waals surface area contributed by atoms with Crippen molar-refractivity contribution in [3.05, 3.63) is 56.4 Å². The van der Waals surface area contributed by atoms with Crippen LogP contribution in [0, 0.1) is 6.92 Å². The quantitative estimate of drug-likeness (QED) is 0.549. The first-order valence-corrected chi connectivity index (χ1v) is 10.9. The second-order valence-corrected chi connectivity index (χ2v) is 8.87. The molecule has 0 radical (unpaired) electrons. The molecule has 0 aromatic carbocycles. The zero-order valence-corrected chi connectivity index (χ0v) is 18.0. The predicted octanol–water partition coefficient (Wildman–Crippen LogP) is 4.06. The number of pyridine rings is 1. The molecule has 3 amide bonds. The first kappa shape index (κ1) is 20.6. The fourth-order valence-electron chi connectivity index (χ4n) is 3.75. The number of fused-ring (bicyclic) bond motifs is 1. The molecule has 1 saturated carbocycles. The van der Waals surface area contributed by atoms with Gasteiger partial charge in [-0.3, -0.25) is 14.9 Å². The molecule has 2 N–H and O–H groups in total. The van der Waals surface area contributed by atoms with Crippen LogP contribution in [0.5, 0.6) is 0 Å². The summed E-state index contributed by atoms with van der Waals surface area (Å²) in [4.78, 5) is 44.1. The number of carbonyl (C=O) groups is 3. The normalized spacial score (nSPS) is 18.5. The van der Waals surface area contributed by atoms with Gasteiger partial charge in [0.05, 0.1) is 18.2 Å². The number of nitrogens with one attached hydrogen (secondary N) is 2. The van der Waals surface area contributed by atoms with Crippen LogP contribution in [0.3, 0.4) is 0 Å². The molecular formula is C21H21ClN4O3S. The van der Waals surface area contributed by atoms with E-state index in [0.717, 1.165) is 28.0 Å². The van der Waals surface area contributed by atoms with Gasteiger partial charge in [0.25, 0.3) is 5.91 Å². The third-order valence-electron chi connectivity index (χ3n) is 5.43. The Hall–Kier alpha value is -2.71. The molecule has 4 rings (SSSR count). The average molecular weight is 445 g/mol. The van der Waals surface area contributed by atoms with Crippen LogP contribution in [0.25, 0.3) is 0 Å². The number of hydrogen-bond acceptors (Lipinski definition) is 5. The SMILES string of the molecule is C=C1CCC(N2Cc3c(csc3CNC(=O)Nc3ccc(C)c(Cl)n3)C2=O)C(=O)C1. The Morgan fingerprint density at radius 3 is 2.93 bits per heavy atom. The smallest absolute Gasteiger partial charge is 0.320 e. The van der Waals surface area contributed by atoms with E-state index in [-0.39, 0.29) is 24.3 Å². The van der Waals surface area contributed by atoms with E-state index in [0.29, 0.717) is 35.9 Å². The molecule has 3 heterocycles. The summed E-state index contributed by atoms with van der Waals surface area (Å²) in [5.74, 6) is 0.302. The summed E-state index contributed by atoms with van der Waals surface area (Å²) in [5, 5.41) is 7.58. The number of nitrogens with zero attached hydrogens (tertiary/aromatic N) is 2. The highest BCUT2D eigenvalue weighted by atomic mass is 35.5. The van der Waals surface area contributed by atoms with Crippen molar-refractivity contribution in [2.75, 3.05) is 5.32 Å². The molecule has 0 saturated heterocycles. The molecule has 1 atom stereocenters. The number of anilines is 1. The van der Waals surface area contributed by atoms with E-state index in [2.05, 4.69) is 22.2 Å². The lowest BCUT2D eigenvalue weighted by Gasteiger charge is -2.30. The molecule has 9 heteroatoms. The van der Waals surface area contributed by atoms with Gasteiger partial charge in [-0.15, -0.1) is 11.3 Å². The molecule has 2 aromatic heterocycles. The van der Waals surface area contributed by atoms with E-state index in [1.165, 1.54) is 11.3 Å². The third-order valence-corrected chi connectivity index (χ3v) is 6.84. The fourth-order valence-corrected chi connectivity index (χ4v) is 4.88. The monoisotopic (exact) mass is 444 g/mol. The highest BCUT2D eigenvalue weighted by molar-refractivity contribution is 7.10. The molecule has 0 spiro atoms. The van der Waals surface area contributed by atoms with E-state index in [1.807, 2.05) is 6.92 Å². The second kappa shape index (κ2) is 8.20. The minimum absolute atomic E-state index is 0.0525. The van der Waals surface area contributed by atoms with Crippen molar-refractivity contribution < 1.29 is 14.4 Å². The Bertz CT molecular complexity index is 1060. The molecule has 2 aromatic rings. The second-order valence-electron chi connectivity index (χ2n) is 7.54. The molecule has 1 aliphatic carbocycles. The Morgan fingerprint density at radius 1 is 1.40 bits per heavy atom. The Morgan fingerprint density at radius 2 is 2.20 bits per heavy atom. The van der Waals surface area contributed by atoms with E-state index >= 15 is 0 Å². The lowest BCUT2D eigenvalue weighted by Crippen LogP contribution is -2.43. The molecule has 30 heavy (non-hydrogen) atoms. The number of Topliss-reactive ketones (excluding diaryl/α,β-unsaturated/α-hetero) is 1. The van der Waals surface area contributed by atoms with E-state index in [1.54, 1.807) is 22.4 Å². The van der Waals surface area contributed by atoms with Crippen LogP contribution in [0.2, 0.25) is 5.15 Å². The van der Waals surface area contributed by atoms with Gasteiger partial charge in [-0.1, -0.05) is 29.8 Å². The summed E-state index contributed by atoms with van der Waals surface area (Å²) in [7, 11) is 0. The first-order valence-electron chi connectivity index (χ1n) is 9.61. The number of halogens is 1. The van der Waals surface area contributed by atoms with Crippen LogP contribution >= 0.6 is 22.9 Å². The molecule has 7 nitrogen and oxygen atoms in total. The number of allylic oxidation sites excluding steroid dienone is 1. The van der Waals surface area contributed by atoms with Crippen LogP contribution in [0.1, 0.15) is 45.6 Å². The van der Waals surface area contributed by atoms with Crippen LogP contribution in [-0.4, -0.2) is 33.6 Å². The highest BCUT2D eigenvalue weighted by Gasteiger charge is 2.39. The lowest BCUT2D eigenvalue weighted by molar-refractivity contribution is -0.124. The van der Waals surface area contributed by atoms with E-state index < -0.39 is 6.03 Å². The summed E-state index contributed by atoms with van der Waals surface area (Å²) in [6, 6.07) is 2.66. The number of amides is 3. The minimum atomic E-state index is -0.410. The number of thiophene rings is 1. The standard InChI is InChI=1S/C21H21ClN4O3S/c1-11-3-5-15(16(27)7-11)26-9-13-14(20(26)28)10-30-17(13)8-23-21(29)25-18-6-4-12(2)19(22)24-18/h4,6,10,15H,1,3,5,7-9H2,2H3,(H2,23,24,25,29). The minimum Gasteiger partial charge on any atom is -0.333 e. The summed E-state index contributed by atoms with van der Waals surface area (Å²) in [5.41, 5.74) is 3.27. The van der Waals surface area contributed by atoms with Gasteiger partial charge in [0.15, 0.2) is 5.78 Å². The van der Waals surface area contributed by atoms with Crippen LogP contribution in [-0.2, 0) is 17.9 Å². The van der Waals surface area contributed by atoms with Gasteiger partial charge in [0.1, 0.15) is 11.0 Å². The third kappa shape index (κ3) is 3.97. The largest absolute Gasteiger partial charge is 0.333 e. The van der Waals surface area contributed by atoms with Crippen LogP contribution < -0.4 is 10.6 Å². The highest BCUT2D eigenvalue weighted by Crippen LogP contribution is 2.35. The lowest BCUT2D eigenvalue weighted by atomic mass is 9.89. The van der Waals surface area contributed by atoms with Crippen molar-refractivity contribution in [1.82, 2.24) is 15.2 Å². The van der Waals surface area contributed by atoms with Crippen molar-refractivity contribution in [3.8, 4) is 0 Å². The van der Waals surface area contributed by atoms with Crippen molar-refractivity contribution >= 4 is 46.5 Å². The zero-order valence-electron chi connectivity index (χ0n) is 16.5. The van der Waals surface area contributed by atoms with Crippen LogP contribution in [0.15, 0.2) is 29.7 Å². The Kier molecular flexibility index (Phi) is 5.62. The maximum Gasteiger partial charge on any atom is 0.320 e. The van der Waals surface area contributed by atoms with Gasteiger partial charge in [-0.05, 0) is 37.0 Å². The van der Waals surface area contributed by atoms with Gasteiger partial charge in [-0.2, -0.15) is 0 Å². The summed E-state index contributed by atoms with van der Waals surface area (Å²) in [6.07, 6.45) is 1.73. The molecule has 0 bridgehead atoms. The van der Waals surface area contributed by atoms with E-state index in [9.17, 15) is 14.4 Å². The molecule has 1 aliphatic heterocycles. The number of aromatic nitrogens is 1. The molecule has 156 valence electrons. The first-order chi connectivity index (χ1) is 14.3. The number of ketones is 1. The van der Waals surface area contributed by atoms with Crippen molar-refractivity contribution in [3.63, 3.8) is 0 Å². The number of aryl methyl sites for hydroxylation is 1. The Labute approximate surface area is 183 Å². The van der Waals surface area contributed by atoms with Gasteiger partial charge < -0.3 is 10.2 Å². The predicted molar refractivity (Wildman–Crippen MR) is 116 cm³/mol. The maximum atomic E-state index is 12.8. The topological polar surface area (TPSA) is 91.4 Å². The summed E-state index contributed by atoms with van der Waals surface area (Å²) in [6.45, 7) is 6.40.